The van der Waals surface area contributed by atoms with Crippen molar-refractivity contribution in [2.45, 2.75) is 18.9 Å². The Kier molecular flexibility index (Phi) is 5.44. The molecule has 0 saturated carbocycles. The Hall–Kier alpha value is -3.35. The van der Waals surface area contributed by atoms with Gasteiger partial charge in [0.25, 0.3) is 0 Å². The summed E-state index contributed by atoms with van der Waals surface area (Å²) in [6, 6.07) is 11.3. The molecule has 30 heavy (non-hydrogen) atoms. The molecule has 4 aromatic heterocycles. The molecular formula is C21H17N5O2S2. The largest absolute Gasteiger partial charge is 0.316 e. The second-order valence-electron chi connectivity index (χ2n) is 6.69. The van der Waals surface area contributed by atoms with E-state index in [9.17, 15) is 14.9 Å². The van der Waals surface area contributed by atoms with Crippen LogP contribution >= 0.6 is 23.1 Å². The van der Waals surface area contributed by atoms with Gasteiger partial charge in [0, 0.05) is 12.3 Å². The van der Waals surface area contributed by atoms with Crippen molar-refractivity contribution in [2.75, 3.05) is 11.1 Å². The maximum Gasteiger partial charge on any atom is 0.249 e. The number of amides is 1. The number of pyridine rings is 2. The number of anilines is 1. The number of hydrogen-bond acceptors (Lipinski definition) is 6. The number of aryl methyl sites for hydroxylation is 2. The lowest BCUT2D eigenvalue weighted by molar-refractivity contribution is -0.113. The number of nitriles is 1. The minimum absolute atomic E-state index is 0.0387. The third-order valence-corrected chi connectivity index (χ3v) is 6.34. The molecule has 1 amide bonds. The molecule has 0 aliphatic rings. The van der Waals surface area contributed by atoms with Gasteiger partial charge >= 0.3 is 0 Å². The molecule has 4 aromatic rings. The zero-order valence-corrected chi connectivity index (χ0v) is 17.9. The Morgan fingerprint density at radius 1 is 1.37 bits per heavy atom. The maximum absolute atomic E-state index is 12.7. The van der Waals surface area contributed by atoms with E-state index in [-0.39, 0.29) is 17.2 Å². The van der Waals surface area contributed by atoms with Crippen LogP contribution in [0.15, 0.2) is 51.7 Å². The van der Waals surface area contributed by atoms with Crippen LogP contribution in [0.5, 0.6) is 0 Å². The summed E-state index contributed by atoms with van der Waals surface area (Å²) in [7, 11) is 0. The van der Waals surface area contributed by atoms with Gasteiger partial charge in [0.2, 0.25) is 11.5 Å². The number of thioether (sulfide) groups is 1. The van der Waals surface area contributed by atoms with Crippen molar-refractivity contribution in [1.29, 1.82) is 5.26 Å². The minimum Gasteiger partial charge on any atom is -0.316 e. The molecule has 4 rings (SSSR count). The first kappa shape index (κ1) is 19.9. The molecule has 0 bridgehead atoms. The third-order valence-electron chi connectivity index (χ3n) is 4.46. The van der Waals surface area contributed by atoms with Gasteiger partial charge in [0.05, 0.1) is 21.2 Å². The standard InChI is InChI=1S/C21H17N5O2S2/c1-12-5-6-26-16(8-12)23-19(15-4-3-7-29-15)20(26)24-18(28)11-30-21-14(10-22)13(2)9-17(27)25-21/h3-9H,11H2,1-2H3,(H,24,28)(H,25,27). The molecular weight excluding hydrogens is 418 g/mol. The topological polar surface area (TPSA) is 103 Å². The Morgan fingerprint density at radius 3 is 2.93 bits per heavy atom. The summed E-state index contributed by atoms with van der Waals surface area (Å²) in [5.74, 6) is 0.375. The first-order valence-corrected chi connectivity index (χ1v) is 10.9. The predicted molar refractivity (Wildman–Crippen MR) is 119 cm³/mol. The van der Waals surface area contributed by atoms with Crippen LogP contribution in [0.4, 0.5) is 5.82 Å². The quantitative estimate of drug-likeness (QED) is 0.462. The molecule has 0 aliphatic carbocycles. The highest BCUT2D eigenvalue weighted by Gasteiger charge is 2.18. The number of hydrogen-bond donors (Lipinski definition) is 2. The van der Waals surface area contributed by atoms with Crippen LogP contribution in [0, 0.1) is 25.2 Å². The number of nitrogens with zero attached hydrogens (tertiary/aromatic N) is 3. The summed E-state index contributed by atoms with van der Waals surface area (Å²) in [6.07, 6.45) is 1.88. The Morgan fingerprint density at radius 2 is 2.20 bits per heavy atom. The summed E-state index contributed by atoms with van der Waals surface area (Å²) in [6.45, 7) is 3.69. The first-order valence-electron chi connectivity index (χ1n) is 9.05. The molecule has 2 N–H and O–H groups in total. The van der Waals surface area contributed by atoms with Crippen molar-refractivity contribution in [2.24, 2.45) is 0 Å². The number of aromatic nitrogens is 3. The van der Waals surface area contributed by atoms with E-state index in [4.69, 9.17) is 4.98 Å². The number of carbonyl (C=O) groups is 1. The molecule has 4 heterocycles. The van der Waals surface area contributed by atoms with E-state index < -0.39 is 0 Å². The highest BCUT2D eigenvalue weighted by Crippen LogP contribution is 2.32. The lowest BCUT2D eigenvalue weighted by Gasteiger charge is -2.08. The van der Waals surface area contributed by atoms with Crippen LogP contribution in [0.2, 0.25) is 0 Å². The summed E-state index contributed by atoms with van der Waals surface area (Å²) in [5.41, 5.74) is 3.18. The van der Waals surface area contributed by atoms with Gasteiger partial charge in [-0.1, -0.05) is 17.8 Å². The zero-order valence-electron chi connectivity index (χ0n) is 16.2. The van der Waals surface area contributed by atoms with Crippen molar-refractivity contribution in [3.05, 3.63) is 69.0 Å². The predicted octanol–water partition coefficient (Wildman–Crippen LogP) is 3.97. The summed E-state index contributed by atoms with van der Waals surface area (Å²) >= 11 is 2.67. The van der Waals surface area contributed by atoms with Crippen molar-refractivity contribution in [3.63, 3.8) is 0 Å². The third kappa shape index (κ3) is 3.87. The molecule has 7 nitrogen and oxygen atoms in total. The number of fused-ring (bicyclic) bond motifs is 1. The molecule has 9 heteroatoms. The van der Waals surface area contributed by atoms with Gasteiger partial charge in [-0.05, 0) is 48.6 Å². The molecule has 0 atom stereocenters. The Balaban J connectivity index is 1.62. The maximum atomic E-state index is 12.7. The second-order valence-corrected chi connectivity index (χ2v) is 8.62. The van der Waals surface area contributed by atoms with Crippen molar-refractivity contribution < 1.29 is 4.79 Å². The van der Waals surface area contributed by atoms with Gasteiger partial charge in [0.15, 0.2) is 0 Å². The van der Waals surface area contributed by atoms with Crippen molar-refractivity contribution in [1.82, 2.24) is 14.4 Å². The van der Waals surface area contributed by atoms with Gasteiger partial charge < -0.3 is 10.3 Å². The van der Waals surface area contributed by atoms with E-state index in [0.717, 1.165) is 27.8 Å². The summed E-state index contributed by atoms with van der Waals surface area (Å²) in [4.78, 5) is 32.8. The van der Waals surface area contributed by atoms with Crippen LogP contribution in [0.3, 0.4) is 0 Å². The second kappa shape index (κ2) is 8.18. The number of thiophene rings is 1. The van der Waals surface area contributed by atoms with Crippen LogP contribution in [0.1, 0.15) is 16.7 Å². The van der Waals surface area contributed by atoms with Crippen molar-refractivity contribution in [3.8, 4) is 16.6 Å². The number of H-pyrrole nitrogens is 1. The van der Waals surface area contributed by atoms with Crippen molar-refractivity contribution >= 4 is 40.5 Å². The molecule has 150 valence electrons. The van der Waals surface area contributed by atoms with Crippen LogP contribution in [0.25, 0.3) is 16.2 Å². The first-order chi connectivity index (χ1) is 14.5. The zero-order chi connectivity index (χ0) is 21.3. The molecule has 0 fully saturated rings. The number of aromatic amines is 1. The molecule has 0 aromatic carbocycles. The Labute approximate surface area is 180 Å². The summed E-state index contributed by atoms with van der Waals surface area (Å²) in [5, 5.41) is 14.7. The molecule has 0 spiro atoms. The highest BCUT2D eigenvalue weighted by molar-refractivity contribution is 8.00. The summed E-state index contributed by atoms with van der Waals surface area (Å²) < 4.78 is 1.85. The highest BCUT2D eigenvalue weighted by atomic mass is 32.2. The van der Waals surface area contributed by atoms with Gasteiger partial charge in [-0.15, -0.1) is 11.3 Å². The van der Waals surface area contributed by atoms with Gasteiger partial charge in [-0.25, -0.2) is 4.98 Å². The fourth-order valence-electron chi connectivity index (χ4n) is 3.06. The molecule has 0 aliphatic heterocycles. The smallest absolute Gasteiger partial charge is 0.249 e. The normalized spacial score (nSPS) is 10.8. The average Bonchev–Trinajstić information content (AvgIpc) is 3.34. The molecule has 0 unspecified atom stereocenters. The fourth-order valence-corrected chi connectivity index (χ4v) is 4.65. The van der Waals surface area contributed by atoms with E-state index >= 15 is 0 Å². The molecule has 0 radical (unpaired) electrons. The van der Waals surface area contributed by atoms with Crippen LogP contribution in [-0.2, 0) is 4.79 Å². The Bertz CT molecular complexity index is 1350. The van der Waals surface area contributed by atoms with Gasteiger partial charge in [-0.2, -0.15) is 5.26 Å². The van der Waals surface area contributed by atoms with Crippen LogP contribution in [-0.4, -0.2) is 26.0 Å². The van der Waals surface area contributed by atoms with Crippen LogP contribution < -0.4 is 10.9 Å². The monoisotopic (exact) mass is 435 g/mol. The van der Waals surface area contributed by atoms with E-state index in [1.165, 1.54) is 6.07 Å². The van der Waals surface area contributed by atoms with E-state index in [1.54, 1.807) is 18.3 Å². The fraction of sp³-hybridized carbons (Fsp3) is 0.143. The van der Waals surface area contributed by atoms with E-state index in [1.807, 2.05) is 47.2 Å². The molecule has 0 saturated heterocycles. The number of carbonyl (C=O) groups excluding carboxylic acids is 1. The number of imidazole rings is 1. The SMILES string of the molecule is Cc1ccn2c(NC(=O)CSc3[nH]c(=O)cc(C)c3C#N)c(-c3cccs3)nc2c1. The average molecular weight is 436 g/mol. The lowest BCUT2D eigenvalue weighted by Crippen LogP contribution is -2.17. The number of rotatable bonds is 5. The van der Waals surface area contributed by atoms with Gasteiger partial charge in [-0.3, -0.25) is 14.0 Å². The lowest BCUT2D eigenvalue weighted by atomic mass is 10.2. The van der Waals surface area contributed by atoms with E-state index in [0.29, 0.717) is 27.7 Å². The number of nitrogens with one attached hydrogen (secondary N) is 2. The van der Waals surface area contributed by atoms with E-state index in [2.05, 4.69) is 16.4 Å². The van der Waals surface area contributed by atoms with Gasteiger partial charge in [0.1, 0.15) is 23.2 Å². The minimum atomic E-state index is -0.299.